The molecule has 1 unspecified atom stereocenters. The first-order valence-corrected chi connectivity index (χ1v) is 10.0. The van der Waals surface area contributed by atoms with Crippen molar-refractivity contribution in [1.82, 2.24) is 0 Å². The van der Waals surface area contributed by atoms with Crippen molar-refractivity contribution >= 4 is 11.8 Å². The molecule has 0 bridgehead atoms. The second kappa shape index (κ2) is 13.1. The Morgan fingerprint density at radius 1 is 1.24 bits per heavy atom. The molecule has 0 amide bonds. The summed E-state index contributed by atoms with van der Waals surface area (Å²) in [7, 11) is 1.37. The van der Waals surface area contributed by atoms with E-state index in [9.17, 15) is 14.7 Å². The van der Waals surface area contributed by atoms with Gasteiger partial charge in [0, 0.05) is 18.4 Å². The Labute approximate surface area is 153 Å². The molecule has 0 radical (unpaired) electrons. The first-order valence-electron chi connectivity index (χ1n) is 10.0. The lowest BCUT2D eigenvalue weighted by Gasteiger charge is -2.20. The zero-order valence-electron chi connectivity index (χ0n) is 16.0. The van der Waals surface area contributed by atoms with Crippen molar-refractivity contribution in [2.45, 2.75) is 90.1 Å². The monoisotopic (exact) mass is 352 g/mol. The molecule has 25 heavy (non-hydrogen) atoms. The first-order chi connectivity index (χ1) is 12.1. The van der Waals surface area contributed by atoms with Crippen LogP contribution < -0.4 is 0 Å². The van der Waals surface area contributed by atoms with Crippen molar-refractivity contribution < 1.29 is 19.4 Å². The maximum absolute atomic E-state index is 12.2. The average molecular weight is 353 g/mol. The Balaban J connectivity index is 2.23. The Morgan fingerprint density at radius 3 is 2.76 bits per heavy atom. The van der Waals surface area contributed by atoms with E-state index >= 15 is 0 Å². The van der Waals surface area contributed by atoms with Gasteiger partial charge in [-0.3, -0.25) is 4.79 Å². The molecule has 1 fully saturated rings. The highest BCUT2D eigenvalue weighted by Crippen LogP contribution is 2.36. The topological polar surface area (TPSA) is 63.6 Å². The van der Waals surface area contributed by atoms with Gasteiger partial charge in [-0.1, -0.05) is 38.7 Å². The van der Waals surface area contributed by atoms with E-state index in [1.54, 1.807) is 0 Å². The lowest BCUT2D eigenvalue weighted by atomic mass is 9.86. The molecule has 1 aliphatic rings. The summed E-state index contributed by atoms with van der Waals surface area (Å²) in [4.78, 5) is 23.1. The number of hydrogen-bond donors (Lipinski definition) is 1. The van der Waals surface area contributed by atoms with E-state index in [0.29, 0.717) is 18.1 Å². The van der Waals surface area contributed by atoms with Crippen LogP contribution in [0.3, 0.4) is 0 Å². The van der Waals surface area contributed by atoms with Crippen LogP contribution in [0, 0.1) is 11.8 Å². The summed E-state index contributed by atoms with van der Waals surface area (Å²) in [5, 5.41) is 10.1. The Hall–Kier alpha value is -1.16. The second-order valence-electron chi connectivity index (χ2n) is 7.31. The van der Waals surface area contributed by atoms with Gasteiger partial charge in [0.2, 0.25) is 0 Å². The van der Waals surface area contributed by atoms with E-state index in [1.165, 1.54) is 26.0 Å². The second-order valence-corrected chi connectivity index (χ2v) is 7.31. The van der Waals surface area contributed by atoms with Crippen molar-refractivity contribution in [1.29, 1.82) is 0 Å². The lowest BCUT2D eigenvalue weighted by molar-refractivity contribution is -0.134. The van der Waals surface area contributed by atoms with E-state index < -0.39 is 0 Å². The fraction of sp³-hybridized carbons (Fsp3) is 0.810. The third-order valence-electron chi connectivity index (χ3n) is 5.35. The third kappa shape index (κ3) is 9.20. The van der Waals surface area contributed by atoms with Gasteiger partial charge < -0.3 is 9.84 Å². The van der Waals surface area contributed by atoms with Gasteiger partial charge in [0.05, 0.1) is 13.2 Å². The molecular weight excluding hydrogens is 316 g/mol. The molecule has 1 aliphatic carbocycles. The van der Waals surface area contributed by atoms with E-state index in [2.05, 4.69) is 11.7 Å². The van der Waals surface area contributed by atoms with Crippen molar-refractivity contribution in [2.75, 3.05) is 7.11 Å². The molecular formula is C21H36O4. The summed E-state index contributed by atoms with van der Waals surface area (Å²) in [6.45, 7) is 2.17. The van der Waals surface area contributed by atoms with Crippen LogP contribution in [0.4, 0.5) is 0 Å². The maximum atomic E-state index is 12.2. The summed E-state index contributed by atoms with van der Waals surface area (Å²) >= 11 is 0. The molecule has 144 valence electrons. The summed E-state index contributed by atoms with van der Waals surface area (Å²) in [5.74, 6) is 0.741. The van der Waals surface area contributed by atoms with Crippen LogP contribution in [-0.2, 0) is 14.3 Å². The van der Waals surface area contributed by atoms with Crippen LogP contribution in [0.15, 0.2) is 12.2 Å². The molecule has 0 spiro atoms. The van der Waals surface area contributed by atoms with Gasteiger partial charge in [-0.15, -0.1) is 0 Å². The molecule has 0 aromatic carbocycles. The van der Waals surface area contributed by atoms with Gasteiger partial charge in [-0.05, 0) is 50.9 Å². The van der Waals surface area contributed by atoms with Crippen molar-refractivity contribution in [2.24, 2.45) is 11.8 Å². The van der Waals surface area contributed by atoms with Crippen LogP contribution >= 0.6 is 0 Å². The van der Waals surface area contributed by atoms with Gasteiger partial charge in [0.25, 0.3) is 0 Å². The SMILES string of the molecule is CCCCCC(O)CC[C@H]1CCC(=O)[C@@H]1CCCCC=CC(=O)OC. The number of ketones is 1. The predicted molar refractivity (Wildman–Crippen MR) is 100 cm³/mol. The molecule has 0 aromatic rings. The van der Waals surface area contributed by atoms with E-state index in [0.717, 1.165) is 57.8 Å². The van der Waals surface area contributed by atoms with Crippen LogP contribution in [0.2, 0.25) is 0 Å². The summed E-state index contributed by atoms with van der Waals surface area (Å²) in [6.07, 6.45) is 14.8. The summed E-state index contributed by atoms with van der Waals surface area (Å²) < 4.78 is 4.55. The smallest absolute Gasteiger partial charge is 0.330 e. The number of unbranched alkanes of at least 4 members (excludes halogenated alkanes) is 4. The van der Waals surface area contributed by atoms with Crippen molar-refractivity contribution in [3.63, 3.8) is 0 Å². The minimum atomic E-state index is -0.316. The molecule has 1 saturated carbocycles. The van der Waals surface area contributed by atoms with Crippen molar-refractivity contribution in [3.8, 4) is 0 Å². The van der Waals surface area contributed by atoms with Crippen LogP contribution in [0.1, 0.15) is 84.0 Å². The number of aliphatic hydroxyl groups is 1. The third-order valence-corrected chi connectivity index (χ3v) is 5.35. The van der Waals surface area contributed by atoms with Gasteiger partial charge >= 0.3 is 5.97 Å². The predicted octanol–water partition coefficient (Wildman–Crippen LogP) is 4.59. The fourth-order valence-electron chi connectivity index (χ4n) is 3.77. The number of ether oxygens (including phenoxy) is 1. The number of Topliss-reactive ketones (excluding diaryl/α,β-unsaturated/α-hetero) is 1. The molecule has 1 rings (SSSR count). The minimum Gasteiger partial charge on any atom is -0.466 e. The molecule has 4 nitrogen and oxygen atoms in total. The minimum absolute atomic E-state index is 0.187. The van der Waals surface area contributed by atoms with E-state index in [-0.39, 0.29) is 18.0 Å². The summed E-state index contributed by atoms with van der Waals surface area (Å²) in [6, 6.07) is 0. The molecule has 0 heterocycles. The number of allylic oxidation sites excluding steroid dienone is 1. The maximum Gasteiger partial charge on any atom is 0.330 e. The average Bonchev–Trinajstić information content (AvgIpc) is 2.96. The van der Waals surface area contributed by atoms with Crippen LogP contribution in [-0.4, -0.2) is 30.1 Å². The zero-order chi connectivity index (χ0) is 18.5. The van der Waals surface area contributed by atoms with E-state index in [4.69, 9.17) is 0 Å². The first kappa shape index (κ1) is 21.9. The largest absolute Gasteiger partial charge is 0.466 e. The van der Waals surface area contributed by atoms with Gasteiger partial charge in [-0.2, -0.15) is 0 Å². The highest BCUT2D eigenvalue weighted by molar-refractivity contribution is 5.83. The standard InChI is InChI=1S/C21H36O4/c1-3-4-7-10-18(22)15-13-17-14-16-20(23)19(17)11-8-5-6-9-12-21(24)25-2/h9,12,17-19,22H,3-8,10-11,13-16H2,1-2H3/t17-,18?,19+/m0/s1. The van der Waals surface area contributed by atoms with Gasteiger partial charge in [0.15, 0.2) is 0 Å². The Bertz CT molecular complexity index is 416. The zero-order valence-corrected chi connectivity index (χ0v) is 16.0. The number of esters is 1. The number of aliphatic hydroxyl groups excluding tert-OH is 1. The number of hydrogen-bond acceptors (Lipinski definition) is 4. The number of rotatable bonds is 13. The molecule has 0 aliphatic heterocycles. The number of methoxy groups -OCH3 is 1. The lowest BCUT2D eigenvalue weighted by Crippen LogP contribution is -2.17. The molecule has 4 heteroatoms. The number of carbonyl (C=O) groups excluding carboxylic acids is 2. The quantitative estimate of drug-likeness (QED) is 0.299. The van der Waals surface area contributed by atoms with Gasteiger partial charge in [-0.25, -0.2) is 4.79 Å². The van der Waals surface area contributed by atoms with Crippen LogP contribution in [0.5, 0.6) is 0 Å². The van der Waals surface area contributed by atoms with E-state index in [1.807, 2.05) is 6.08 Å². The normalized spacial score (nSPS) is 21.8. The Kier molecular flexibility index (Phi) is 11.5. The highest BCUT2D eigenvalue weighted by atomic mass is 16.5. The summed E-state index contributed by atoms with van der Waals surface area (Å²) in [5.41, 5.74) is 0. The molecule has 3 atom stereocenters. The van der Waals surface area contributed by atoms with Crippen molar-refractivity contribution in [3.05, 3.63) is 12.2 Å². The van der Waals surface area contributed by atoms with Crippen LogP contribution in [0.25, 0.3) is 0 Å². The number of carbonyl (C=O) groups is 2. The Morgan fingerprint density at radius 2 is 2.04 bits per heavy atom. The highest BCUT2D eigenvalue weighted by Gasteiger charge is 2.33. The fourth-order valence-corrected chi connectivity index (χ4v) is 3.77. The molecule has 1 N–H and O–H groups in total. The molecule has 0 aromatic heterocycles. The molecule has 0 saturated heterocycles. The van der Waals surface area contributed by atoms with Gasteiger partial charge in [0.1, 0.15) is 5.78 Å².